The Bertz CT molecular complexity index is 628. The fraction of sp³-hybridized carbons (Fsp3) is 0. The molecule has 0 heterocycles. The van der Waals surface area contributed by atoms with Gasteiger partial charge in [0.25, 0.3) is 0 Å². The van der Waals surface area contributed by atoms with Crippen molar-refractivity contribution in [2.45, 2.75) is 0 Å². The van der Waals surface area contributed by atoms with E-state index >= 15 is 0 Å². The first kappa shape index (κ1) is 11.6. The van der Waals surface area contributed by atoms with E-state index in [9.17, 15) is 0 Å². The molecule has 0 saturated carbocycles. The second-order valence-corrected chi connectivity index (χ2v) is 4.51. The Hall–Kier alpha value is -2.47. The van der Waals surface area contributed by atoms with Crippen LogP contribution in [-0.4, -0.2) is 0 Å². The first-order valence-electron chi connectivity index (χ1n) is 6.48. The molecule has 19 heavy (non-hydrogen) atoms. The molecule has 0 N–H and O–H groups in total. The van der Waals surface area contributed by atoms with Gasteiger partial charge in [0.1, 0.15) is 0 Å². The zero-order valence-corrected chi connectivity index (χ0v) is 10.7. The summed E-state index contributed by atoms with van der Waals surface area (Å²) in [7, 11) is 0. The van der Waals surface area contributed by atoms with Crippen molar-refractivity contribution in [1.82, 2.24) is 0 Å². The van der Waals surface area contributed by atoms with Gasteiger partial charge in [-0.05, 0) is 23.8 Å². The van der Waals surface area contributed by atoms with Gasteiger partial charge in [-0.25, -0.2) is 0 Å². The summed E-state index contributed by atoms with van der Waals surface area (Å²) in [6.45, 7) is 0. The quantitative estimate of drug-likeness (QED) is 0.656. The molecule has 1 aliphatic rings. The van der Waals surface area contributed by atoms with Crippen LogP contribution in [-0.2, 0) is 0 Å². The van der Waals surface area contributed by atoms with Crippen molar-refractivity contribution in [3.05, 3.63) is 102 Å². The van der Waals surface area contributed by atoms with Gasteiger partial charge in [0.05, 0.1) is 17.2 Å². The fourth-order valence-electron chi connectivity index (χ4n) is 2.23. The maximum absolute atomic E-state index is 2.22. The minimum atomic E-state index is 1.23. The molecule has 0 fully saturated rings. The summed E-state index contributed by atoms with van der Waals surface area (Å²) >= 11 is 0. The van der Waals surface area contributed by atoms with Crippen LogP contribution in [0.3, 0.4) is 0 Å². The van der Waals surface area contributed by atoms with Crippen LogP contribution in [0.1, 0.15) is 11.1 Å². The van der Waals surface area contributed by atoms with E-state index < -0.39 is 0 Å². The van der Waals surface area contributed by atoms with E-state index in [1.165, 1.54) is 22.3 Å². The maximum Gasteiger partial charge on any atom is 0.0925 e. The third kappa shape index (κ3) is 2.69. The summed E-state index contributed by atoms with van der Waals surface area (Å²) in [5, 5.41) is 0. The van der Waals surface area contributed by atoms with Gasteiger partial charge < -0.3 is 0 Å². The summed E-state index contributed by atoms with van der Waals surface area (Å²) in [4.78, 5) is 0. The van der Waals surface area contributed by atoms with E-state index in [-0.39, 0.29) is 0 Å². The second kappa shape index (κ2) is 5.45. The molecule has 0 heteroatoms. The van der Waals surface area contributed by atoms with Gasteiger partial charge >= 0.3 is 0 Å². The zero-order chi connectivity index (χ0) is 12.9. The molecule has 0 aliphatic heterocycles. The third-order valence-corrected chi connectivity index (χ3v) is 3.17. The van der Waals surface area contributed by atoms with Crippen LogP contribution in [0.5, 0.6) is 0 Å². The highest BCUT2D eigenvalue weighted by Gasteiger charge is 2.16. The summed E-state index contributed by atoms with van der Waals surface area (Å²) < 4.78 is 0. The molecule has 0 atom stereocenters. The van der Waals surface area contributed by atoms with Gasteiger partial charge in [0.2, 0.25) is 0 Å². The lowest BCUT2D eigenvalue weighted by molar-refractivity contribution is 1.53. The molecule has 0 amide bonds. The molecule has 0 unspecified atom stereocenters. The lowest BCUT2D eigenvalue weighted by atomic mass is 9.92. The number of hydrogen-bond donors (Lipinski definition) is 0. The smallest absolute Gasteiger partial charge is 0.0622 e. The normalized spacial score (nSPS) is 16.0. The van der Waals surface area contributed by atoms with Crippen LogP contribution < -0.4 is 0 Å². The molecule has 0 aromatic heterocycles. The van der Waals surface area contributed by atoms with Gasteiger partial charge in [-0.1, -0.05) is 48.5 Å². The highest BCUT2D eigenvalue weighted by Crippen LogP contribution is 2.29. The second-order valence-electron chi connectivity index (χ2n) is 4.51. The van der Waals surface area contributed by atoms with Crippen LogP contribution >= 0.6 is 0 Å². The molecule has 90 valence electrons. The van der Waals surface area contributed by atoms with E-state index in [4.69, 9.17) is 0 Å². The van der Waals surface area contributed by atoms with Crippen LogP contribution in [0, 0.1) is 6.42 Å². The van der Waals surface area contributed by atoms with E-state index in [2.05, 4.69) is 79.3 Å². The van der Waals surface area contributed by atoms with Gasteiger partial charge in [-0.3, -0.25) is 0 Å². The zero-order valence-electron chi connectivity index (χ0n) is 10.7. The summed E-state index contributed by atoms with van der Waals surface area (Å²) in [6, 6.07) is 20.9. The van der Waals surface area contributed by atoms with Gasteiger partial charge in [-0.15, -0.1) is 0 Å². The number of allylic oxidation sites excluding steroid dienone is 5. The fourth-order valence-corrected chi connectivity index (χ4v) is 2.23. The Morgan fingerprint density at radius 2 is 1.47 bits per heavy atom. The Morgan fingerprint density at radius 1 is 0.789 bits per heavy atom. The van der Waals surface area contributed by atoms with Crippen molar-refractivity contribution in [2.24, 2.45) is 0 Å². The Labute approximate surface area is 114 Å². The highest BCUT2D eigenvalue weighted by molar-refractivity contribution is 5.89. The number of benzene rings is 2. The van der Waals surface area contributed by atoms with E-state index in [1.54, 1.807) is 0 Å². The van der Waals surface area contributed by atoms with Crippen molar-refractivity contribution >= 4 is 11.6 Å². The maximum atomic E-state index is 2.22. The minimum absolute atomic E-state index is 1.23. The molecule has 2 aromatic rings. The molecule has 0 nitrogen and oxygen atoms in total. The van der Waals surface area contributed by atoms with Crippen molar-refractivity contribution < 1.29 is 0 Å². The van der Waals surface area contributed by atoms with Crippen molar-refractivity contribution in [2.75, 3.05) is 0 Å². The molecule has 0 bridgehead atoms. The van der Waals surface area contributed by atoms with Crippen molar-refractivity contribution in [3.63, 3.8) is 0 Å². The lowest BCUT2D eigenvalue weighted by Gasteiger charge is -2.05. The molecule has 0 radical (unpaired) electrons. The number of hydrogen-bond acceptors (Lipinski definition) is 0. The van der Waals surface area contributed by atoms with Gasteiger partial charge in [0.15, 0.2) is 0 Å². The molecule has 0 saturated heterocycles. The first-order valence-corrected chi connectivity index (χ1v) is 6.48. The molecule has 1 aliphatic carbocycles. The van der Waals surface area contributed by atoms with Gasteiger partial charge in [-0.2, -0.15) is 0 Å². The molecule has 3 rings (SSSR count). The van der Waals surface area contributed by atoms with Crippen molar-refractivity contribution in [1.29, 1.82) is 0 Å². The van der Waals surface area contributed by atoms with Crippen LogP contribution in [0.4, 0.5) is 0 Å². The van der Waals surface area contributed by atoms with Crippen LogP contribution in [0.25, 0.3) is 11.6 Å². The predicted octanol–water partition coefficient (Wildman–Crippen LogP) is 4.93. The lowest BCUT2D eigenvalue weighted by Crippen LogP contribution is -1.92. The average molecular weight is 243 g/mol. The Kier molecular flexibility index (Phi) is 3.33. The summed E-state index contributed by atoms with van der Waals surface area (Å²) in [5.74, 6) is 0. The third-order valence-electron chi connectivity index (χ3n) is 3.17. The number of rotatable bonds is 2. The predicted molar refractivity (Wildman–Crippen MR) is 82.3 cm³/mol. The summed E-state index contributed by atoms with van der Waals surface area (Å²) in [5.41, 5.74) is 5.00. The molecule has 0 spiro atoms. The average Bonchev–Trinajstić information content (AvgIpc) is 2.50. The molecular weight excluding hydrogens is 228 g/mol. The van der Waals surface area contributed by atoms with Crippen LogP contribution in [0.15, 0.2) is 84.5 Å². The van der Waals surface area contributed by atoms with E-state index in [0.717, 1.165) is 0 Å². The summed E-state index contributed by atoms with van der Waals surface area (Å²) in [6.07, 6.45) is 10.7. The minimum Gasteiger partial charge on any atom is -0.0622 e. The van der Waals surface area contributed by atoms with E-state index in [1.807, 2.05) is 12.1 Å². The molecular formula is C19H15+. The Balaban J connectivity index is 2.00. The van der Waals surface area contributed by atoms with Crippen LogP contribution in [0.2, 0.25) is 0 Å². The standard InChI is InChI=1S/C19H15/c1-3-9-16(10-4-1)15-18-13-7-8-14-19(18)17-11-5-2-6-12-17/h1-15H/q+1/b18-15+. The topological polar surface area (TPSA) is 0 Å². The van der Waals surface area contributed by atoms with Gasteiger partial charge in [0, 0.05) is 24.1 Å². The largest absolute Gasteiger partial charge is 0.0925 e. The first-order chi connectivity index (χ1) is 9.43. The highest BCUT2D eigenvalue weighted by atomic mass is 14.1. The van der Waals surface area contributed by atoms with E-state index in [0.29, 0.717) is 0 Å². The SMILES string of the molecule is C1=C/C(=C\c2ccccc2)C(c2ccccc2)=C[CH+]1. The van der Waals surface area contributed by atoms with Crippen molar-refractivity contribution in [3.8, 4) is 0 Å². The monoisotopic (exact) mass is 243 g/mol. The Morgan fingerprint density at radius 3 is 2.21 bits per heavy atom. The molecule has 2 aromatic carbocycles.